The Balaban J connectivity index is 2.82. The third-order valence-electron chi connectivity index (χ3n) is 2.48. The van der Waals surface area contributed by atoms with Gasteiger partial charge in [0.1, 0.15) is 15.7 Å². The number of rotatable bonds is 6. The van der Waals surface area contributed by atoms with Gasteiger partial charge in [0.05, 0.1) is 5.75 Å². The first-order valence-corrected chi connectivity index (χ1v) is 8.10. The molecule has 102 valence electrons. The van der Waals surface area contributed by atoms with E-state index in [1.54, 1.807) is 12.1 Å². The molecule has 0 bridgehead atoms. The predicted octanol–water partition coefficient (Wildman–Crippen LogP) is 2.04. The van der Waals surface area contributed by atoms with Crippen LogP contribution in [-0.2, 0) is 16.3 Å². The van der Waals surface area contributed by atoms with Gasteiger partial charge in [-0.1, -0.05) is 24.6 Å². The first-order valence-electron chi connectivity index (χ1n) is 5.67. The van der Waals surface area contributed by atoms with Crippen LogP contribution in [0.4, 0.5) is 4.39 Å². The Labute approximate surface area is 112 Å². The van der Waals surface area contributed by atoms with Crippen LogP contribution in [0, 0.1) is 5.82 Å². The summed E-state index contributed by atoms with van der Waals surface area (Å²) in [6, 6.07) is 4.13. The van der Waals surface area contributed by atoms with E-state index >= 15 is 0 Å². The summed E-state index contributed by atoms with van der Waals surface area (Å²) < 4.78 is 36.2. The van der Waals surface area contributed by atoms with Gasteiger partial charge in [-0.25, -0.2) is 12.8 Å². The molecule has 6 heteroatoms. The maximum absolute atomic E-state index is 13.6. The van der Waals surface area contributed by atoms with Gasteiger partial charge in [0.25, 0.3) is 0 Å². The minimum atomic E-state index is -3.10. The van der Waals surface area contributed by atoms with Crippen LogP contribution in [0.25, 0.3) is 0 Å². The van der Waals surface area contributed by atoms with Crippen molar-refractivity contribution in [3.05, 3.63) is 34.6 Å². The predicted molar refractivity (Wildman–Crippen MR) is 72.3 cm³/mol. The van der Waals surface area contributed by atoms with Gasteiger partial charge in [0.2, 0.25) is 0 Å². The fourth-order valence-electron chi connectivity index (χ4n) is 1.80. The van der Waals surface area contributed by atoms with E-state index in [0.29, 0.717) is 23.6 Å². The molecule has 1 unspecified atom stereocenters. The van der Waals surface area contributed by atoms with E-state index in [-0.39, 0.29) is 11.8 Å². The highest BCUT2D eigenvalue weighted by Gasteiger charge is 2.16. The average Bonchev–Trinajstić information content (AvgIpc) is 2.20. The molecular formula is C12H17ClFNO2S. The molecule has 0 saturated carbocycles. The van der Waals surface area contributed by atoms with Gasteiger partial charge in [-0.15, -0.1) is 0 Å². The van der Waals surface area contributed by atoms with Crippen molar-refractivity contribution in [2.45, 2.75) is 19.4 Å². The van der Waals surface area contributed by atoms with Crippen LogP contribution >= 0.6 is 11.6 Å². The topological polar surface area (TPSA) is 46.2 Å². The molecule has 0 radical (unpaired) electrons. The summed E-state index contributed by atoms with van der Waals surface area (Å²) in [6.07, 6.45) is 1.50. The summed E-state index contributed by atoms with van der Waals surface area (Å²) in [5.41, 5.74) is 0.467. The molecule has 0 spiro atoms. The molecule has 18 heavy (non-hydrogen) atoms. The Kier molecular flexibility index (Phi) is 5.56. The van der Waals surface area contributed by atoms with Gasteiger partial charge in [0.15, 0.2) is 0 Å². The number of sulfone groups is 1. The number of halogens is 2. The maximum Gasteiger partial charge on any atom is 0.148 e. The molecule has 0 fully saturated rings. The smallest absolute Gasteiger partial charge is 0.148 e. The third kappa shape index (κ3) is 5.33. The van der Waals surface area contributed by atoms with Crippen molar-refractivity contribution in [2.75, 3.05) is 18.6 Å². The van der Waals surface area contributed by atoms with Gasteiger partial charge >= 0.3 is 0 Å². The van der Waals surface area contributed by atoms with E-state index in [2.05, 4.69) is 5.32 Å². The number of benzene rings is 1. The van der Waals surface area contributed by atoms with E-state index in [4.69, 9.17) is 11.6 Å². The second-order valence-electron chi connectivity index (χ2n) is 4.29. The lowest BCUT2D eigenvalue weighted by molar-refractivity contribution is 0.529. The van der Waals surface area contributed by atoms with E-state index < -0.39 is 15.7 Å². The molecule has 1 aromatic carbocycles. The number of hydrogen-bond acceptors (Lipinski definition) is 3. The SMILES string of the molecule is CCNC(Cc1ccc(Cl)cc1F)CS(C)(=O)=O. The summed E-state index contributed by atoms with van der Waals surface area (Å²) in [5, 5.41) is 3.38. The molecule has 1 rings (SSSR count). The van der Waals surface area contributed by atoms with Crippen molar-refractivity contribution in [1.82, 2.24) is 5.32 Å². The van der Waals surface area contributed by atoms with Crippen LogP contribution in [0.3, 0.4) is 0 Å². The van der Waals surface area contributed by atoms with Crippen LogP contribution < -0.4 is 5.32 Å². The highest BCUT2D eigenvalue weighted by molar-refractivity contribution is 7.90. The summed E-state index contributed by atoms with van der Waals surface area (Å²) in [7, 11) is -3.10. The Hall–Kier alpha value is -0.650. The standard InChI is InChI=1S/C12H17ClFNO2S/c1-3-15-11(8-18(2,16)17)6-9-4-5-10(13)7-12(9)14/h4-5,7,11,15H,3,6,8H2,1-2H3. The monoisotopic (exact) mass is 293 g/mol. The third-order valence-corrected chi connectivity index (χ3v) is 3.72. The molecule has 1 N–H and O–H groups in total. The van der Waals surface area contributed by atoms with Crippen LogP contribution in [0.15, 0.2) is 18.2 Å². The van der Waals surface area contributed by atoms with Crippen LogP contribution in [-0.4, -0.2) is 33.0 Å². The Morgan fingerprint density at radius 3 is 2.61 bits per heavy atom. The van der Waals surface area contributed by atoms with Gasteiger partial charge in [-0.05, 0) is 30.7 Å². The van der Waals surface area contributed by atoms with Crippen molar-refractivity contribution in [1.29, 1.82) is 0 Å². The maximum atomic E-state index is 13.6. The zero-order chi connectivity index (χ0) is 13.8. The zero-order valence-electron chi connectivity index (χ0n) is 10.4. The van der Waals surface area contributed by atoms with Crippen LogP contribution in [0.2, 0.25) is 5.02 Å². The van der Waals surface area contributed by atoms with Crippen molar-refractivity contribution in [3.8, 4) is 0 Å². The molecule has 0 aromatic heterocycles. The minimum absolute atomic E-state index is 0.0110. The molecule has 0 amide bonds. The molecule has 1 atom stereocenters. The van der Waals surface area contributed by atoms with E-state index in [0.717, 1.165) is 0 Å². The zero-order valence-corrected chi connectivity index (χ0v) is 12.0. The van der Waals surface area contributed by atoms with Crippen molar-refractivity contribution in [2.24, 2.45) is 0 Å². The van der Waals surface area contributed by atoms with E-state index in [9.17, 15) is 12.8 Å². The second kappa shape index (κ2) is 6.50. The fraction of sp³-hybridized carbons (Fsp3) is 0.500. The van der Waals surface area contributed by atoms with Gasteiger partial charge in [-0.2, -0.15) is 0 Å². The fourth-order valence-corrected chi connectivity index (χ4v) is 2.92. The van der Waals surface area contributed by atoms with Crippen molar-refractivity contribution in [3.63, 3.8) is 0 Å². The average molecular weight is 294 g/mol. The molecule has 0 aliphatic carbocycles. The summed E-state index contributed by atoms with van der Waals surface area (Å²) in [6.45, 7) is 2.52. The van der Waals surface area contributed by atoms with Gasteiger partial charge < -0.3 is 5.32 Å². The second-order valence-corrected chi connectivity index (χ2v) is 6.91. The molecule has 0 saturated heterocycles. The van der Waals surface area contributed by atoms with Crippen molar-refractivity contribution < 1.29 is 12.8 Å². The highest BCUT2D eigenvalue weighted by atomic mass is 35.5. The number of nitrogens with one attached hydrogen (secondary N) is 1. The normalized spacial score (nSPS) is 13.6. The van der Waals surface area contributed by atoms with Gasteiger partial charge in [-0.3, -0.25) is 0 Å². The molecule has 0 heterocycles. The summed E-state index contributed by atoms with van der Waals surface area (Å²) >= 11 is 5.67. The molecule has 1 aromatic rings. The molecule has 0 aliphatic heterocycles. The Morgan fingerprint density at radius 2 is 2.11 bits per heavy atom. The highest BCUT2D eigenvalue weighted by Crippen LogP contribution is 2.16. The lowest BCUT2D eigenvalue weighted by Gasteiger charge is -2.17. The lowest BCUT2D eigenvalue weighted by atomic mass is 10.1. The van der Waals surface area contributed by atoms with E-state index in [1.807, 2.05) is 6.92 Å². The first kappa shape index (κ1) is 15.4. The van der Waals surface area contributed by atoms with E-state index in [1.165, 1.54) is 12.3 Å². The van der Waals surface area contributed by atoms with Crippen LogP contribution in [0.5, 0.6) is 0 Å². The minimum Gasteiger partial charge on any atom is -0.313 e. The largest absolute Gasteiger partial charge is 0.313 e. The first-order chi connectivity index (χ1) is 8.31. The van der Waals surface area contributed by atoms with Crippen LogP contribution in [0.1, 0.15) is 12.5 Å². The number of hydrogen-bond donors (Lipinski definition) is 1. The summed E-state index contributed by atoms with van der Waals surface area (Å²) in [5.74, 6) is -0.415. The molecular weight excluding hydrogens is 277 g/mol. The Bertz CT molecular complexity index is 505. The summed E-state index contributed by atoms with van der Waals surface area (Å²) in [4.78, 5) is 0. The lowest BCUT2D eigenvalue weighted by Crippen LogP contribution is -2.37. The Morgan fingerprint density at radius 1 is 1.44 bits per heavy atom. The van der Waals surface area contributed by atoms with Crippen molar-refractivity contribution >= 4 is 21.4 Å². The number of likely N-dealkylation sites (N-methyl/N-ethyl adjacent to an activating group) is 1. The molecule has 3 nitrogen and oxygen atoms in total. The quantitative estimate of drug-likeness (QED) is 0.873. The molecule has 0 aliphatic rings. The van der Waals surface area contributed by atoms with Gasteiger partial charge in [0, 0.05) is 17.3 Å².